The molecule has 4 rings (SSSR count). The van der Waals surface area contributed by atoms with Crippen molar-refractivity contribution in [1.82, 2.24) is 94.7 Å². The number of aromatic amines is 2. The van der Waals surface area contributed by atoms with E-state index in [1.165, 1.54) is 31.2 Å². The minimum atomic E-state index is -1.89. The first-order valence-corrected chi connectivity index (χ1v) is 38.5. The van der Waals surface area contributed by atoms with Gasteiger partial charge in [0.05, 0.1) is 25.8 Å². The maximum absolute atomic E-state index is 14.6. The van der Waals surface area contributed by atoms with Gasteiger partial charge in [-0.1, -0.05) is 67.2 Å². The normalized spacial score (nSPS) is 15.2. The lowest BCUT2D eigenvalue weighted by Gasteiger charge is -2.27. The van der Waals surface area contributed by atoms with Crippen molar-refractivity contribution in [2.75, 3.05) is 31.6 Å². The molecule has 0 radical (unpaired) electrons. The number of carbonyl (C=O) groups is 18. The molecule has 28 N–H and O–H groups in total. The van der Waals surface area contributed by atoms with E-state index in [9.17, 15) is 86.3 Å². The third-order valence-electron chi connectivity index (χ3n) is 17.8. The fourth-order valence-corrected chi connectivity index (χ4v) is 12.2. The highest BCUT2D eigenvalue weighted by molar-refractivity contribution is 7.98. The van der Waals surface area contributed by atoms with Gasteiger partial charge in [0.2, 0.25) is 106 Å². The van der Waals surface area contributed by atoms with Crippen LogP contribution in [-0.2, 0) is 99.1 Å². The van der Waals surface area contributed by atoms with Gasteiger partial charge >= 0.3 is 0 Å². The lowest BCUT2D eigenvalue weighted by Crippen LogP contribution is -2.60. The number of nitrogens with two attached hydrogens (primary N) is 5. The summed E-state index contributed by atoms with van der Waals surface area (Å²) in [6.07, 6.45) is 3.35. The summed E-state index contributed by atoms with van der Waals surface area (Å²) in [7, 11) is 0. The van der Waals surface area contributed by atoms with Gasteiger partial charge in [-0.25, -0.2) is 4.98 Å². The van der Waals surface area contributed by atoms with Gasteiger partial charge in [-0.15, -0.1) is 0 Å². The van der Waals surface area contributed by atoms with E-state index in [0.29, 0.717) is 27.9 Å². The van der Waals surface area contributed by atoms with Crippen LogP contribution in [0, 0.1) is 23.2 Å². The highest BCUT2D eigenvalue weighted by atomic mass is 32.2. The molecule has 3 aromatic rings. The van der Waals surface area contributed by atoms with Crippen molar-refractivity contribution in [1.29, 1.82) is 5.41 Å². The zero-order valence-corrected chi connectivity index (χ0v) is 65.8. The molecule has 1 fully saturated rings. The van der Waals surface area contributed by atoms with Crippen LogP contribution in [0.15, 0.2) is 43.0 Å². The Balaban J connectivity index is 0.0000342. The first-order chi connectivity index (χ1) is 53.7. The van der Waals surface area contributed by atoms with Gasteiger partial charge in [-0.2, -0.15) is 11.8 Å². The third-order valence-corrected chi connectivity index (χ3v) is 18.4. The summed E-state index contributed by atoms with van der Waals surface area (Å²) >= 11 is 1.44. The van der Waals surface area contributed by atoms with Gasteiger partial charge < -0.3 is 118 Å². The molecule has 2 aromatic heterocycles. The summed E-state index contributed by atoms with van der Waals surface area (Å²) in [5, 5.41) is 45.7. The molecule has 1 saturated heterocycles. The van der Waals surface area contributed by atoms with Gasteiger partial charge in [-0.05, 0) is 99.7 Å². The number of para-hydroxylation sites is 1. The Labute approximate surface area is 669 Å². The van der Waals surface area contributed by atoms with Crippen molar-refractivity contribution in [2.45, 2.75) is 218 Å². The summed E-state index contributed by atoms with van der Waals surface area (Å²) in [6, 6.07) is -10.1. The number of H-pyrrole nitrogens is 2. The van der Waals surface area contributed by atoms with Crippen LogP contribution in [0.3, 0.4) is 0 Å². The lowest BCUT2D eigenvalue weighted by molar-refractivity contribution is -0.136. The second-order valence-electron chi connectivity index (χ2n) is 28.7. The fraction of sp³-hybridized carbons (Fsp3) is 0.583. The van der Waals surface area contributed by atoms with Crippen molar-refractivity contribution in [3.63, 3.8) is 0 Å². The van der Waals surface area contributed by atoms with E-state index in [1.807, 2.05) is 20.1 Å². The molecule has 1 aliphatic rings. The van der Waals surface area contributed by atoms with Crippen molar-refractivity contribution in [2.24, 2.45) is 46.4 Å². The number of fused-ring (bicyclic) bond motifs is 1. The van der Waals surface area contributed by atoms with Crippen LogP contribution >= 0.6 is 11.8 Å². The SMILES string of the molecule is C.CSCC[C@H](NC(=O)[C@H](CC(C)C)NC(=O)[C@H](Cc1cnc[nH]1)NC(=O)CNC(=O)[C@@H](NC(=O)[C@H](C)NC(=O)[C@H](Cc1c[nH]c2ccccc12)NC(=O)[C@H](CCC(N)=O)NC(=O)[C@H](CC(N)=O)NC(=O)CNC(=O)[C@H](CC(C)C)NC(=O)[C@H](CCCNC(=N)N)NC(=O)[C@H](CCC(N)=O)NC(=O)[C@@H]1CCC(=O)N1)C(C)C)C(N)=O. The Morgan fingerprint density at radius 1 is 0.530 bits per heavy atom. The Kier molecular flexibility index (Phi) is 41.3. The largest absolute Gasteiger partial charge is 0.370 e. The van der Waals surface area contributed by atoms with Crippen LogP contribution in [0.4, 0.5) is 0 Å². The van der Waals surface area contributed by atoms with Crippen molar-refractivity contribution < 1.29 is 86.3 Å². The number of nitrogens with zero attached hydrogens (tertiary/aromatic N) is 1. The van der Waals surface area contributed by atoms with Gasteiger partial charge in [-0.3, -0.25) is 91.7 Å². The molecule has 636 valence electrons. The summed E-state index contributed by atoms with van der Waals surface area (Å²) < 4.78 is 0. The molecular formula is C72H114N24O18S. The number of carbonyl (C=O) groups excluding carboxylic acids is 18. The predicted octanol–water partition coefficient (Wildman–Crippen LogP) is -6.17. The smallest absolute Gasteiger partial charge is 0.243 e. The van der Waals surface area contributed by atoms with Gasteiger partial charge in [0.15, 0.2) is 5.96 Å². The maximum atomic E-state index is 14.6. The second-order valence-corrected chi connectivity index (χ2v) is 29.7. The number of primary amides is 4. The molecule has 12 atom stereocenters. The number of aromatic nitrogens is 3. The zero-order valence-electron chi connectivity index (χ0n) is 65.0. The van der Waals surface area contributed by atoms with E-state index in [1.54, 1.807) is 58.2 Å². The minimum absolute atomic E-state index is 0. The van der Waals surface area contributed by atoms with E-state index in [4.69, 9.17) is 34.1 Å². The van der Waals surface area contributed by atoms with E-state index < -0.39 is 223 Å². The van der Waals surface area contributed by atoms with Crippen molar-refractivity contribution in [3.8, 4) is 0 Å². The number of rotatable bonds is 51. The van der Waals surface area contributed by atoms with E-state index >= 15 is 0 Å². The molecule has 1 aromatic carbocycles. The molecule has 18 amide bonds. The highest BCUT2D eigenvalue weighted by Crippen LogP contribution is 2.21. The Bertz CT molecular complexity index is 3910. The summed E-state index contributed by atoms with van der Waals surface area (Å²) in [6.45, 7) is 9.82. The van der Waals surface area contributed by atoms with Gasteiger partial charge in [0, 0.05) is 67.6 Å². The van der Waals surface area contributed by atoms with Crippen molar-refractivity contribution >= 4 is 135 Å². The predicted molar refractivity (Wildman–Crippen MR) is 421 cm³/mol. The number of nitrogens with one attached hydrogen (secondary N) is 18. The number of guanidine groups is 1. The Hall–Kier alpha value is -11.9. The second kappa shape index (κ2) is 48.9. The number of hydrogen-bond donors (Lipinski definition) is 23. The van der Waals surface area contributed by atoms with Crippen LogP contribution in [0.5, 0.6) is 0 Å². The summed E-state index contributed by atoms with van der Waals surface area (Å²) in [5.74, 6) is -17.3. The number of imidazole rings is 1. The third kappa shape index (κ3) is 34.9. The maximum Gasteiger partial charge on any atom is 0.243 e. The average Bonchev–Trinajstić information content (AvgIpc) is 1.71. The molecule has 0 bridgehead atoms. The topological polar surface area (TPSA) is 686 Å². The molecule has 43 heteroatoms. The first-order valence-electron chi connectivity index (χ1n) is 37.2. The molecule has 0 unspecified atom stereocenters. The van der Waals surface area contributed by atoms with Crippen LogP contribution in [-0.4, -0.2) is 231 Å². The van der Waals surface area contributed by atoms with Crippen LogP contribution in [0.25, 0.3) is 10.9 Å². The number of amides is 18. The molecule has 0 saturated carbocycles. The minimum Gasteiger partial charge on any atom is -0.370 e. The fourth-order valence-electron chi connectivity index (χ4n) is 11.8. The summed E-state index contributed by atoms with van der Waals surface area (Å²) in [5.41, 5.74) is 28.9. The van der Waals surface area contributed by atoms with E-state index in [2.05, 4.69) is 94.7 Å². The zero-order chi connectivity index (χ0) is 85.1. The van der Waals surface area contributed by atoms with Gasteiger partial charge in [0.1, 0.15) is 72.5 Å². The average molecular weight is 1640 g/mol. The Morgan fingerprint density at radius 3 is 1.55 bits per heavy atom. The van der Waals surface area contributed by atoms with E-state index in [0.717, 1.165) is 0 Å². The number of hydrogen-bond acceptors (Lipinski definition) is 21. The van der Waals surface area contributed by atoms with Crippen LogP contribution in [0.1, 0.15) is 144 Å². The van der Waals surface area contributed by atoms with E-state index in [-0.39, 0.29) is 96.4 Å². The van der Waals surface area contributed by atoms with Crippen LogP contribution in [0.2, 0.25) is 0 Å². The molecule has 3 heterocycles. The van der Waals surface area contributed by atoms with Crippen LogP contribution < -0.4 is 108 Å². The Morgan fingerprint density at radius 2 is 1.03 bits per heavy atom. The summed E-state index contributed by atoms with van der Waals surface area (Å²) in [4.78, 5) is 252. The molecule has 42 nitrogen and oxygen atoms in total. The highest BCUT2D eigenvalue weighted by Gasteiger charge is 2.38. The first kappa shape index (κ1) is 97.2. The number of benzene rings is 1. The monoisotopic (exact) mass is 1630 g/mol. The quantitative estimate of drug-likeness (QED) is 0.0142. The van der Waals surface area contributed by atoms with Crippen molar-refractivity contribution in [3.05, 3.63) is 54.2 Å². The van der Waals surface area contributed by atoms with Gasteiger partial charge in [0.25, 0.3) is 0 Å². The molecule has 115 heavy (non-hydrogen) atoms. The molecule has 0 spiro atoms. The number of thioether (sulfide) groups is 1. The lowest BCUT2D eigenvalue weighted by atomic mass is 10.0. The molecule has 0 aliphatic carbocycles. The standard InChI is InChI=1S/C71H110N24O18S.CH4/c1-34(2)24-47(92-62(105)43(14-11-22-79-71(76)77)89-64(107)45(15-18-52(72)96)90-63(106)44-17-20-55(99)85-44)61(104)81-31-56(100)87-51(28-54(74)98)69(112)91-46(16-19-53(73)97)65(108)94-49(26-38-29-80-41-13-10-9-12-40(38)41)66(109)84-37(7)60(103)95-58(36(5)6)70(113)82-32-57(101)86-50(27-39-30-78-33-83-39)68(111)93-48(25-35(3)4)67(110)88-42(59(75)102)21-23-114-8;/h9-10,12-13,29-30,33-37,42-51,58,80H,11,14-28,31-32H2,1-8H3,(H2,72,96)(H2,73,97)(H2,74,98)(H2,75,102)(H,78,83)(H,81,104)(H,82,113)(H,84,109)(H,85,99)(H,86,101)(H,87,100)(H,88,110)(H,89,107)(H,90,106)(H,91,112)(H,92,105)(H,93,111)(H,94,108)(H,95,103)(H4,76,77,79);1H4/t37-,42-,43-,44-,45-,46-,47-,48-,49-,50-,51-,58-;/m0./s1. The molecule has 1 aliphatic heterocycles. The molecular weight excluding hydrogens is 1520 g/mol.